The predicted molar refractivity (Wildman–Crippen MR) is 99.1 cm³/mol. The Morgan fingerprint density at radius 2 is 1.88 bits per heavy atom. The normalized spacial score (nSPS) is 15.8. The van der Waals surface area contributed by atoms with Crippen LogP contribution in [0.15, 0.2) is 45.8 Å². The van der Waals surface area contributed by atoms with E-state index >= 15 is 0 Å². The maximum Gasteiger partial charge on any atom is 0.243 e. The van der Waals surface area contributed by atoms with Gasteiger partial charge in [-0.05, 0) is 30.3 Å². The standard InChI is InChI=1S/C16H14BrClN4O2S/c17-12-2-1-3-13(10-12)25(23,24)22-8-6-21(7-9-22)16-5-4-14(18)15(11-19)20-16/h1-5,10H,6-9H2. The number of pyridine rings is 1. The highest BCUT2D eigenvalue weighted by molar-refractivity contribution is 9.10. The van der Waals surface area contributed by atoms with E-state index in [4.69, 9.17) is 16.9 Å². The third-order valence-electron chi connectivity index (χ3n) is 3.93. The molecule has 2 aromatic rings. The molecule has 1 aromatic heterocycles. The molecule has 0 atom stereocenters. The number of sulfonamides is 1. The van der Waals surface area contributed by atoms with Crippen molar-refractivity contribution in [1.82, 2.24) is 9.29 Å². The monoisotopic (exact) mass is 440 g/mol. The summed E-state index contributed by atoms with van der Waals surface area (Å²) in [5.41, 5.74) is 0.170. The highest BCUT2D eigenvalue weighted by atomic mass is 79.9. The molecule has 3 rings (SSSR count). The van der Waals surface area contributed by atoms with E-state index in [1.165, 1.54) is 4.31 Å². The summed E-state index contributed by atoms with van der Waals surface area (Å²) in [6.45, 7) is 1.68. The summed E-state index contributed by atoms with van der Waals surface area (Å²) in [6, 6.07) is 12.0. The van der Waals surface area contributed by atoms with E-state index in [0.29, 0.717) is 37.0 Å². The molecular weight excluding hydrogens is 428 g/mol. The Balaban J connectivity index is 1.75. The summed E-state index contributed by atoms with van der Waals surface area (Å²) in [6.07, 6.45) is 0. The van der Waals surface area contributed by atoms with Crippen molar-refractivity contribution in [3.05, 3.63) is 51.6 Å². The number of halogens is 2. The SMILES string of the molecule is N#Cc1nc(N2CCN(S(=O)(=O)c3cccc(Br)c3)CC2)ccc1Cl. The zero-order valence-electron chi connectivity index (χ0n) is 13.1. The molecule has 1 aromatic carbocycles. The molecule has 130 valence electrons. The van der Waals surface area contributed by atoms with Crippen LogP contribution in [0.4, 0.5) is 5.82 Å². The van der Waals surface area contributed by atoms with Crippen molar-refractivity contribution >= 4 is 43.4 Å². The zero-order chi connectivity index (χ0) is 18.0. The Morgan fingerprint density at radius 3 is 2.52 bits per heavy atom. The summed E-state index contributed by atoms with van der Waals surface area (Å²) >= 11 is 9.21. The smallest absolute Gasteiger partial charge is 0.243 e. The predicted octanol–water partition coefficient (Wildman–Crippen LogP) is 2.88. The van der Waals surface area contributed by atoms with Crippen LogP contribution in [0.1, 0.15) is 5.69 Å². The van der Waals surface area contributed by atoms with E-state index in [2.05, 4.69) is 20.9 Å². The van der Waals surface area contributed by atoms with Gasteiger partial charge in [-0.2, -0.15) is 9.57 Å². The molecule has 25 heavy (non-hydrogen) atoms. The molecule has 2 heterocycles. The lowest BCUT2D eigenvalue weighted by Gasteiger charge is -2.34. The first-order valence-corrected chi connectivity index (χ1v) is 10.1. The van der Waals surface area contributed by atoms with E-state index in [1.807, 2.05) is 11.0 Å². The van der Waals surface area contributed by atoms with E-state index in [-0.39, 0.29) is 10.6 Å². The lowest BCUT2D eigenvalue weighted by Crippen LogP contribution is -2.48. The first-order chi connectivity index (χ1) is 11.9. The van der Waals surface area contributed by atoms with Crippen molar-refractivity contribution in [2.75, 3.05) is 31.1 Å². The highest BCUT2D eigenvalue weighted by Gasteiger charge is 2.29. The van der Waals surface area contributed by atoms with Crippen molar-refractivity contribution in [3.63, 3.8) is 0 Å². The van der Waals surface area contributed by atoms with Crippen LogP contribution in [0.2, 0.25) is 5.02 Å². The van der Waals surface area contributed by atoms with Gasteiger partial charge in [-0.3, -0.25) is 0 Å². The minimum Gasteiger partial charge on any atom is -0.354 e. The number of piperazine rings is 1. The Kier molecular flexibility index (Phi) is 5.29. The quantitative estimate of drug-likeness (QED) is 0.732. The van der Waals surface area contributed by atoms with Crippen LogP contribution in [0, 0.1) is 11.3 Å². The van der Waals surface area contributed by atoms with E-state index in [1.54, 1.807) is 36.4 Å². The first kappa shape index (κ1) is 18.1. The molecule has 1 aliphatic heterocycles. The Labute approximate surface area is 159 Å². The molecule has 9 heteroatoms. The fourth-order valence-corrected chi connectivity index (χ4v) is 4.79. The molecular formula is C16H14BrClN4O2S. The minimum absolute atomic E-state index is 0.170. The average molecular weight is 442 g/mol. The van der Waals surface area contributed by atoms with Crippen LogP contribution in [0.3, 0.4) is 0 Å². The van der Waals surface area contributed by atoms with Crippen LogP contribution < -0.4 is 4.90 Å². The third-order valence-corrected chi connectivity index (χ3v) is 6.63. The van der Waals surface area contributed by atoms with Gasteiger partial charge in [-0.15, -0.1) is 0 Å². The van der Waals surface area contributed by atoms with Gasteiger partial charge in [0.05, 0.1) is 9.92 Å². The van der Waals surface area contributed by atoms with Gasteiger partial charge in [0.1, 0.15) is 11.9 Å². The maximum atomic E-state index is 12.7. The van der Waals surface area contributed by atoms with Gasteiger partial charge in [0, 0.05) is 30.7 Å². The van der Waals surface area contributed by atoms with Gasteiger partial charge in [-0.1, -0.05) is 33.6 Å². The molecule has 1 saturated heterocycles. The summed E-state index contributed by atoms with van der Waals surface area (Å²) in [7, 11) is -3.53. The number of hydrogen-bond donors (Lipinski definition) is 0. The van der Waals surface area contributed by atoms with E-state index < -0.39 is 10.0 Å². The molecule has 1 fully saturated rings. The van der Waals surface area contributed by atoms with Crippen molar-refractivity contribution in [3.8, 4) is 6.07 Å². The van der Waals surface area contributed by atoms with Crippen molar-refractivity contribution < 1.29 is 8.42 Å². The van der Waals surface area contributed by atoms with Crippen molar-refractivity contribution in [2.45, 2.75) is 4.90 Å². The molecule has 6 nitrogen and oxygen atoms in total. The summed E-state index contributed by atoms with van der Waals surface area (Å²) in [5, 5.41) is 9.34. The van der Waals surface area contributed by atoms with E-state index in [9.17, 15) is 8.42 Å². The van der Waals surface area contributed by atoms with Gasteiger partial charge in [-0.25, -0.2) is 13.4 Å². The number of benzene rings is 1. The van der Waals surface area contributed by atoms with Gasteiger partial charge < -0.3 is 4.90 Å². The van der Waals surface area contributed by atoms with E-state index in [0.717, 1.165) is 4.47 Å². The van der Waals surface area contributed by atoms with Crippen LogP contribution >= 0.6 is 27.5 Å². The second kappa shape index (κ2) is 7.30. The molecule has 0 N–H and O–H groups in total. The molecule has 0 saturated carbocycles. The summed E-state index contributed by atoms with van der Waals surface area (Å²) < 4.78 is 27.7. The topological polar surface area (TPSA) is 77.3 Å². The Hall–Kier alpha value is -1.66. The second-order valence-electron chi connectivity index (χ2n) is 5.46. The van der Waals surface area contributed by atoms with Crippen LogP contribution in [-0.4, -0.2) is 43.9 Å². The summed E-state index contributed by atoms with van der Waals surface area (Å²) in [5.74, 6) is 0.625. The van der Waals surface area contributed by atoms with Gasteiger partial charge in [0.2, 0.25) is 10.0 Å². The number of nitriles is 1. The molecule has 0 bridgehead atoms. The van der Waals surface area contributed by atoms with Gasteiger partial charge in [0.15, 0.2) is 5.69 Å². The molecule has 1 aliphatic rings. The van der Waals surface area contributed by atoms with Crippen LogP contribution in [0.5, 0.6) is 0 Å². The molecule has 0 spiro atoms. The van der Waals surface area contributed by atoms with Gasteiger partial charge in [0.25, 0.3) is 0 Å². The number of anilines is 1. The highest BCUT2D eigenvalue weighted by Crippen LogP contribution is 2.24. The van der Waals surface area contributed by atoms with Gasteiger partial charge >= 0.3 is 0 Å². The average Bonchev–Trinajstić information content (AvgIpc) is 2.62. The fraction of sp³-hybridized carbons (Fsp3) is 0.250. The third kappa shape index (κ3) is 3.80. The zero-order valence-corrected chi connectivity index (χ0v) is 16.2. The maximum absolute atomic E-state index is 12.7. The molecule has 0 amide bonds. The second-order valence-corrected chi connectivity index (χ2v) is 8.72. The number of aromatic nitrogens is 1. The van der Waals surface area contributed by atoms with Crippen LogP contribution in [-0.2, 0) is 10.0 Å². The van der Waals surface area contributed by atoms with Crippen LogP contribution in [0.25, 0.3) is 0 Å². The first-order valence-electron chi connectivity index (χ1n) is 7.49. The molecule has 0 unspecified atom stereocenters. The summed E-state index contributed by atoms with van der Waals surface area (Å²) in [4.78, 5) is 6.45. The molecule has 0 aliphatic carbocycles. The lowest BCUT2D eigenvalue weighted by molar-refractivity contribution is 0.384. The fourth-order valence-electron chi connectivity index (χ4n) is 2.62. The Morgan fingerprint density at radius 1 is 1.16 bits per heavy atom. The van der Waals surface area contributed by atoms with Crippen molar-refractivity contribution in [1.29, 1.82) is 5.26 Å². The lowest BCUT2D eigenvalue weighted by atomic mass is 10.3. The Bertz CT molecular complexity index is 937. The number of nitrogens with zero attached hydrogens (tertiary/aromatic N) is 4. The largest absolute Gasteiger partial charge is 0.354 e. The molecule has 0 radical (unpaired) electrons. The minimum atomic E-state index is -3.53. The van der Waals surface area contributed by atoms with Crippen molar-refractivity contribution in [2.24, 2.45) is 0 Å². The number of rotatable bonds is 3. The number of hydrogen-bond acceptors (Lipinski definition) is 5.